The average molecular weight is 461 g/mol. The van der Waals surface area contributed by atoms with Crippen LogP contribution in [0.2, 0.25) is 0 Å². The minimum Gasteiger partial charge on any atom is -1.00 e. The van der Waals surface area contributed by atoms with Crippen LogP contribution in [0.5, 0.6) is 0 Å². The van der Waals surface area contributed by atoms with E-state index in [9.17, 15) is 0 Å². The van der Waals surface area contributed by atoms with E-state index in [4.69, 9.17) is 0 Å². The zero-order valence-electron chi connectivity index (χ0n) is 17.6. The third kappa shape index (κ3) is 5.24. The Hall–Kier alpha value is 0.423. The molecule has 0 aliphatic heterocycles. The SMILES string of the molecule is CC1=[C]([Zr+2][C]2=C(C)C(C(C)(C)C)=CC2C)C(C)C=C1C(C)(C)C.[Cl-].[Cl-]. The first-order valence-electron chi connectivity index (χ1n) is 8.98. The molecule has 0 amide bonds. The minimum absolute atomic E-state index is 0. The van der Waals surface area contributed by atoms with Gasteiger partial charge >= 0.3 is 156 Å². The first-order valence-corrected chi connectivity index (χ1v) is 11.4. The monoisotopic (exact) mass is 458 g/mol. The Bertz CT molecular complexity index is 578. The second kappa shape index (κ2) is 8.62. The summed E-state index contributed by atoms with van der Waals surface area (Å²) >= 11 is -0.685. The molecule has 2 aliphatic rings. The predicted octanol–water partition coefficient (Wildman–Crippen LogP) is 0.869. The van der Waals surface area contributed by atoms with Crippen molar-refractivity contribution in [2.75, 3.05) is 0 Å². The van der Waals surface area contributed by atoms with E-state index in [0.717, 1.165) is 0 Å². The van der Waals surface area contributed by atoms with Crippen LogP contribution in [0, 0.1) is 22.7 Å². The number of allylic oxidation sites excluding steroid dienone is 8. The minimum atomic E-state index is -0.685. The molecule has 0 radical (unpaired) electrons. The van der Waals surface area contributed by atoms with E-state index in [2.05, 4.69) is 81.4 Å². The van der Waals surface area contributed by atoms with Gasteiger partial charge < -0.3 is 24.8 Å². The molecule has 0 aromatic carbocycles. The molecule has 0 heterocycles. The molecule has 0 saturated carbocycles. The second-order valence-electron chi connectivity index (χ2n) is 9.44. The van der Waals surface area contributed by atoms with Crippen molar-refractivity contribution < 1.29 is 48.0 Å². The fourth-order valence-corrected chi connectivity index (χ4v) is 7.90. The molecule has 0 aromatic heterocycles. The van der Waals surface area contributed by atoms with Crippen LogP contribution >= 0.6 is 0 Å². The molecule has 2 aliphatic carbocycles. The topological polar surface area (TPSA) is 0 Å². The quantitative estimate of drug-likeness (QED) is 0.574. The van der Waals surface area contributed by atoms with Gasteiger partial charge in [0.05, 0.1) is 0 Å². The number of hydrogen-bond acceptors (Lipinski definition) is 0. The van der Waals surface area contributed by atoms with Crippen molar-refractivity contribution in [3.05, 3.63) is 41.0 Å². The molecule has 3 heteroatoms. The van der Waals surface area contributed by atoms with Gasteiger partial charge in [-0.2, -0.15) is 0 Å². The summed E-state index contributed by atoms with van der Waals surface area (Å²) in [6.45, 7) is 23.7. The van der Waals surface area contributed by atoms with Crippen molar-refractivity contribution in [1.82, 2.24) is 0 Å². The van der Waals surface area contributed by atoms with Crippen LogP contribution in [0.3, 0.4) is 0 Å². The molecule has 0 spiro atoms. The van der Waals surface area contributed by atoms with Gasteiger partial charge in [-0.1, -0.05) is 0 Å². The zero-order chi connectivity index (χ0) is 17.7. The molecule has 0 saturated heterocycles. The number of hydrogen-bond donors (Lipinski definition) is 0. The Kier molecular flexibility index (Phi) is 8.77. The first kappa shape index (κ1) is 25.4. The van der Waals surface area contributed by atoms with Crippen LogP contribution < -0.4 is 24.8 Å². The van der Waals surface area contributed by atoms with Gasteiger partial charge in [0.2, 0.25) is 0 Å². The Morgan fingerprint density at radius 1 is 0.680 bits per heavy atom. The van der Waals surface area contributed by atoms with E-state index >= 15 is 0 Å². The number of halogens is 2. The molecular weight excluding hydrogens is 426 g/mol. The fourth-order valence-electron chi connectivity index (χ4n) is 4.08. The summed E-state index contributed by atoms with van der Waals surface area (Å²) in [5.74, 6) is 1.31. The van der Waals surface area contributed by atoms with E-state index in [1.165, 1.54) is 0 Å². The van der Waals surface area contributed by atoms with Gasteiger partial charge in [-0.25, -0.2) is 0 Å². The van der Waals surface area contributed by atoms with E-state index < -0.39 is 23.2 Å². The van der Waals surface area contributed by atoms with Gasteiger partial charge in [-0.3, -0.25) is 0 Å². The second-order valence-corrected chi connectivity index (χ2v) is 12.7. The van der Waals surface area contributed by atoms with Crippen LogP contribution in [0.1, 0.15) is 69.2 Å². The van der Waals surface area contributed by atoms with E-state index in [-0.39, 0.29) is 35.6 Å². The standard InChI is InChI=1S/2C11H17.2ClH.Zr/c2*1-8-6-9(2)10(7-8)11(3,4)5;;;/h2*7-8H,1-5H3;2*1H;/q;;;;+2/p-2. The molecule has 0 nitrogen and oxygen atoms in total. The van der Waals surface area contributed by atoms with Gasteiger partial charge in [0.1, 0.15) is 0 Å². The molecule has 2 rings (SSSR count). The summed E-state index contributed by atoms with van der Waals surface area (Å²) in [6.07, 6.45) is 5.08. The van der Waals surface area contributed by atoms with Gasteiger partial charge in [0, 0.05) is 0 Å². The molecule has 2 unspecified atom stereocenters. The number of rotatable bonds is 2. The molecule has 25 heavy (non-hydrogen) atoms. The summed E-state index contributed by atoms with van der Waals surface area (Å²) in [7, 11) is 0. The van der Waals surface area contributed by atoms with E-state index in [0.29, 0.717) is 11.8 Å². The molecule has 0 aromatic rings. The van der Waals surface area contributed by atoms with Gasteiger partial charge in [-0.05, 0) is 0 Å². The van der Waals surface area contributed by atoms with Crippen molar-refractivity contribution in [3.63, 3.8) is 0 Å². The predicted molar refractivity (Wildman–Crippen MR) is 98.8 cm³/mol. The van der Waals surface area contributed by atoms with Gasteiger partial charge in [-0.15, -0.1) is 0 Å². The van der Waals surface area contributed by atoms with Gasteiger partial charge in [0.25, 0.3) is 0 Å². The van der Waals surface area contributed by atoms with Crippen LogP contribution in [0.25, 0.3) is 0 Å². The smallest absolute Gasteiger partial charge is 1.00 e. The maximum Gasteiger partial charge on any atom is -1.00 e. The largest absolute Gasteiger partial charge is 1.00 e. The maximum absolute atomic E-state index is 2.54. The van der Waals surface area contributed by atoms with E-state index in [1.807, 2.05) is 6.56 Å². The van der Waals surface area contributed by atoms with Crippen LogP contribution in [-0.4, -0.2) is 0 Å². The normalized spacial score (nSPS) is 23.8. The third-order valence-corrected chi connectivity index (χ3v) is 10.7. The molecule has 0 N–H and O–H groups in total. The third-order valence-electron chi connectivity index (χ3n) is 5.25. The Morgan fingerprint density at radius 3 is 1.16 bits per heavy atom. The summed E-state index contributed by atoms with van der Waals surface area (Å²) in [4.78, 5) is 0. The Balaban J connectivity index is 0.00000288. The van der Waals surface area contributed by atoms with Gasteiger partial charge in [0.15, 0.2) is 0 Å². The van der Waals surface area contributed by atoms with Crippen LogP contribution in [0.15, 0.2) is 41.0 Å². The fraction of sp³-hybridized carbons (Fsp3) is 0.636. The Labute approximate surface area is 180 Å². The molecule has 0 bridgehead atoms. The van der Waals surface area contributed by atoms with E-state index in [1.54, 1.807) is 22.3 Å². The molecular formula is C22H34Cl2Zr. The van der Waals surface area contributed by atoms with Crippen molar-refractivity contribution in [1.29, 1.82) is 0 Å². The van der Waals surface area contributed by atoms with Crippen molar-refractivity contribution in [2.45, 2.75) is 69.2 Å². The summed E-state index contributed by atoms with van der Waals surface area (Å²) < 4.78 is 3.62. The Morgan fingerprint density at radius 2 is 0.960 bits per heavy atom. The summed E-state index contributed by atoms with van der Waals surface area (Å²) in [5.41, 5.74) is 6.97. The van der Waals surface area contributed by atoms with Crippen LogP contribution in [-0.2, 0) is 23.2 Å². The average Bonchev–Trinajstić information content (AvgIpc) is 2.81. The molecule has 2 atom stereocenters. The summed E-state index contributed by atoms with van der Waals surface area (Å²) in [5, 5.41) is 0. The molecule has 0 fully saturated rings. The van der Waals surface area contributed by atoms with Crippen molar-refractivity contribution >= 4 is 0 Å². The summed E-state index contributed by atoms with van der Waals surface area (Å²) in [6, 6.07) is 0. The van der Waals surface area contributed by atoms with Crippen LogP contribution in [0.4, 0.5) is 0 Å². The molecule has 140 valence electrons. The first-order chi connectivity index (χ1) is 10.3. The zero-order valence-corrected chi connectivity index (χ0v) is 21.5. The maximum atomic E-state index is 2.54. The van der Waals surface area contributed by atoms with Crippen molar-refractivity contribution in [3.8, 4) is 0 Å². The van der Waals surface area contributed by atoms with Crippen molar-refractivity contribution in [2.24, 2.45) is 22.7 Å².